The van der Waals surface area contributed by atoms with Gasteiger partial charge in [-0.25, -0.2) is 4.68 Å². The fourth-order valence-corrected chi connectivity index (χ4v) is 2.84. The summed E-state index contributed by atoms with van der Waals surface area (Å²) in [7, 11) is 0. The quantitative estimate of drug-likeness (QED) is 0.672. The zero-order chi connectivity index (χ0) is 16.9. The summed E-state index contributed by atoms with van der Waals surface area (Å²) >= 11 is 1.19. The van der Waals surface area contributed by atoms with Gasteiger partial charge in [-0.15, -0.1) is 0 Å². The number of carboxylic acid groups (broad SMARTS) is 1. The zero-order valence-electron chi connectivity index (χ0n) is 12.9. The highest BCUT2D eigenvalue weighted by Crippen LogP contribution is 2.27. The van der Waals surface area contributed by atoms with E-state index in [2.05, 4.69) is 5.10 Å². The summed E-state index contributed by atoms with van der Waals surface area (Å²) in [4.78, 5) is 11.8. The van der Waals surface area contributed by atoms with Gasteiger partial charge in [0.15, 0.2) is 0 Å². The van der Waals surface area contributed by atoms with Crippen LogP contribution in [-0.4, -0.2) is 20.9 Å². The Balaban J connectivity index is 2.06. The molecule has 6 heteroatoms. The molecular formula is C18H17N3O2S. The van der Waals surface area contributed by atoms with Crippen molar-refractivity contribution < 1.29 is 9.90 Å². The molecule has 0 saturated carbocycles. The van der Waals surface area contributed by atoms with E-state index in [-0.39, 0.29) is 6.42 Å². The molecule has 0 aliphatic carbocycles. The molecule has 0 fully saturated rings. The van der Waals surface area contributed by atoms with Crippen LogP contribution in [0, 0.1) is 0 Å². The molecule has 122 valence electrons. The first kappa shape index (κ1) is 16.3. The van der Waals surface area contributed by atoms with Gasteiger partial charge >= 0.3 is 5.97 Å². The first-order valence-corrected chi connectivity index (χ1v) is 8.38. The Morgan fingerprint density at radius 3 is 2.62 bits per heavy atom. The fourth-order valence-electron chi connectivity index (χ4n) is 2.49. The maximum Gasteiger partial charge on any atom is 0.303 e. The standard InChI is InChI=1S/C18H17N3O2S/c19-24-16-8-4-5-13(11-16)17-12-14(9-10-18(22)23)20-21(17)15-6-2-1-3-7-15/h1-8,11-12H,9-10,19H2,(H,22,23). The lowest BCUT2D eigenvalue weighted by molar-refractivity contribution is -0.136. The van der Waals surface area contributed by atoms with Gasteiger partial charge in [-0.2, -0.15) is 5.10 Å². The second-order valence-electron chi connectivity index (χ2n) is 5.31. The fraction of sp³-hybridized carbons (Fsp3) is 0.111. The smallest absolute Gasteiger partial charge is 0.303 e. The first-order valence-electron chi connectivity index (χ1n) is 7.50. The lowest BCUT2D eigenvalue weighted by Crippen LogP contribution is -2.01. The Hall–Kier alpha value is -2.57. The number of aromatic nitrogens is 2. The Labute approximate surface area is 144 Å². The van der Waals surface area contributed by atoms with E-state index < -0.39 is 5.97 Å². The van der Waals surface area contributed by atoms with E-state index in [1.807, 2.05) is 65.3 Å². The number of aliphatic carboxylic acids is 1. The number of benzene rings is 2. The van der Waals surface area contributed by atoms with Crippen molar-refractivity contribution in [2.24, 2.45) is 5.14 Å². The minimum absolute atomic E-state index is 0.0595. The summed E-state index contributed by atoms with van der Waals surface area (Å²) in [5, 5.41) is 19.2. The SMILES string of the molecule is NSc1cccc(-c2cc(CCC(=O)O)nn2-c2ccccc2)c1. The Morgan fingerprint density at radius 1 is 1.12 bits per heavy atom. The molecule has 0 aliphatic heterocycles. The Morgan fingerprint density at radius 2 is 1.92 bits per heavy atom. The van der Waals surface area contributed by atoms with Crippen molar-refractivity contribution in [1.82, 2.24) is 9.78 Å². The number of nitrogens with zero attached hydrogens (tertiary/aromatic N) is 2. The highest BCUT2D eigenvalue weighted by Gasteiger charge is 2.13. The number of nitrogens with two attached hydrogens (primary N) is 1. The second kappa shape index (κ2) is 7.33. The molecule has 0 atom stereocenters. The van der Waals surface area contributed by atoms with E-state index in [1.54, 1.807) is 0 Å². The molecule has 0 saturated heterocycles. The molecule has 0 radical (unpaired) electrons. The number of rotatable bonds is 6. The van der Waals surface area contributed by atoms with Crippen LogP contribution in [-0.2, 0) is 11.2 Å². The molecule has 3 rings (SSSR count). The monoisotopic (exact) mass is 339 g/mol. The van der Waals surface area contributed by atoms with Gasteiger partial charge in [0.1, 0.15) is 0 Å². The van der Waals surface area contributed by atoms with Crippen molar-refractivity contribution in [2.45, 2.75) is 17.7 Å². The van der Waals surface area contributed by atoms with Gasteiger partial charge in [0.2, 0.25) is 0 Å². The van der Waals surface area contributed by atoms with E-state index in [0.29, 0.717) is 6.42 Å². The largest absolute Gasteiger partial charge is 0.481 e. The van der Waals surface area contributed by atoms with Gasteiger partial charge in [0.25, 0.3) is 0 Å². The molecule has 3 N–H and O–H groups in total. The highest BCUT2D eigenvalue weighted by molar-refractivity contribution is 7.97. The topological polar surface area (TPSA) is 81.1 Å². The molecule has 1 heterocycles. The van der Waals surface area contributed by atoms with E-state index in [1.165, 1.54) is 11.9 Å². The number of carboxylic acids is 1. The molecule has 3 aromatic rings. The van der Waals surface area contributed by atoms with Gasteiger partial charge in [0, 0.05) is 16.9 Å². The number of carbonyl (C=O) groups is 1. The van der Waals surface area contributed by atoms with Crippen molar-refractivity contribution in [3.8, 4) is 16.9 Å². The average molecular weight is 339 g/mol. The summed E-state index contributed by atoms with van der Waals surface area (Å²) in [5.74, 6) is -0.827. The van der Waals surface area contributed by atoms with Crippen LogP contribution >= 0.6 is 11.9 Å². The van der Waals surface area contributed by atoms with Crippen LogP contribution < -0.4 is 5.14 Å². The van der Waals surface area contributed by atoms with Crippen molar-refractivity contribution in [3.05, 3.63) is 66.4 Å². The van der Waals surface area contributed by atoms with E-state index in [0.717, 1.165) is 27.5 Å². The molecule has 0 bridgehead atoms. The lowest BCUT2D eigenvalue weighted by Gasteiger charge is -2.08. The maximum atomic E-state index is 10.8. The predicted octanol–water partition coefficient (Wildman–Crippen LogP) is 3.52. The van der Waals surface area contributed by atoms with E-state index in [4.69, 9.17) is 10.2 Å². The van der Waals surface area contributed by atoms with Crippen LogP contribution in [0.1, 0.15) is 12.1 Å². The number of hydrogen-bond acceptors (Lipinski definition) is 4. The van der Waals surface area contributed by atoms with E-state index >= 15 is 0 Å². The molecule has 2 aromatic carbocycles. The third-order valence-electron chi connectivity index (χ3n) is 3.62. The predicted molar refractivity (Wildman–Crippen MR) is 95.0 cm³/mol. The van der Waals surface area contributed by atoms with Gasteiger partial charge in [-0.05, 0) is 42.3 Å². The van der Waals surface area contributed by atoms with E-state index in [9.17, 15) is 4.79 Å². The summed E-state index contributed by atoms with van der Waals surface area (Å²) in [6.07, 6.45) is 0.456. The van der Waals surface area contributed by atoms with Crippen molar-refractivity contribution in [1.29, 1.82) is 0 Å². The van der Waals surface area contributed by atoms with Crippen molar-refractivity contribution in [3.63, 3.8) is 0 Å². The second-order valence-corrected chi connectivity index (χ2v) is 6.01. The Bertz CT molecular complexity index is 846. The molecule has 24 heavy (non-hydrogen) atoms. The van der Waals surface area contributed by atoms with Crippen molar-refractivity contribution >= 4 is 17.9 Å². The molecule has 5 nitrogen and oxygen atoms in total. The molecule has 0 spiro atoms. The van der Waals surface area contributed by atoms with Crippen molar-refractivity contribution in [2.75, 3.05) is 0 Å². The summed E-state index contributed by atoms with van der Waals surface area (Å²) in [5.41, 5.74) is 3.59. The molecule has 0 amide bonds. The normalized spacial score (nSPS) is 10.7. The van der Waals surface area contributed by atoms with Gasteiger partial charge < -0.3 is 5.11 Å². The van der Waals surface area contributed by atoms with Crippen LogP contribution in [0.15, 0.2) is 65.6 Å². The number of aryl methyl sites for hydroxylation is 1. The van der Waals surface area contributed by atoms with Gasteiger partial charge in [-0.3, -0.25) is 9.93 Å². The summed E-state index contributed by atoms with van der Waals surface area (Å²) in [6, 6.07) is 19.6. The summed E-state index contributed by atoms with van der Waals surface area (Å²) in [6.45, 7) is 0. The van der Waals surface area contributed by atoms with Gasteiger partial charge in [0.05, 0.1) is 23.5 Å². The minimum atomic E-state index is -0.827. The van der Waals surface area contributed by atoms with Crippen LogP contribution in [0.3, 0.4) is 0 Å². The third-order valence-corrected chi connectivity index (χ3v) is 4.15. The Kier molecular flexibility index (Phi) is 4.98. The van der Waals surface area contributed by atoms with Crippen LogP contribution in [0.25, 0.3) is 16.9 Å². The molecule has 0 unspecified atom stereocenters. The lowest BCUT2D eigenvalue weighted by atomic mass is 10.1. The van der Waals surface area contributed by atoms with Crippen LogP contribution in [0.2, 0.25) is 0 Å². The highest BCUT2D eigenvalue weighted by atomic mass is 32.2. The van der Waals surface area contributed by atoms with Crippen LogP contribution in [0.5, 0.6) is 0 Å². The molecular weight excluding hydrogens is 322 g/mol. The van der Waals surface area contributed by atoms with Crippen LogP contribution in [0.4, 0.5) is 0 Å². The first-order chi connectivity index (χ1) is 11.7. The third kappa shape index (κ3) is 3.67. The van der Waals surface area contributed by atoms with Gasteiger partial charge in [-0.1, -0.05) is 30.3 Å². The zero-order valence-corrected chi connectivity index (χ0v) is 13.7. The molecule has 0 aliphatic rings. The summed E-state index contributed by atoms with van der Waals surface area (Å²) < 4.78 is 1.84. The minimum Gasteiger partial charge on any atom is -0.481 e. The maximum absolute atomic E-state index is 10.8. The average Bonchev–Trinajstić information content (AvgIpc) is 3.05. The molecule has 1 aromatic heterocycles. The number of hydrogen-bond donors (Lipinski definition) is 2. The number of para-hydroxylation sites is 1.